The normalized spacial score (nSPS) is 25.6. The molecule has 1 heterocycles. The Labute approximate surface area is 87.4 Å². The van der Waals surface area contributed by atoms with Crippen LogP contribution in [0.1, 0.15) is 12.5 Å². The van der Waals surface area contributed by atoms with Crippen LogP contribution in [-0.4, -0.2) is 24.0 Å². The second-order valence-electron chi connectivity index (χ2n) is 3.67. The first-order chi connectivity index (χ1) is 7.06. The molecule has 1 amide bonds. The Bertz CT molecular complexity index is 415. The van der Waals surface area contributed by atoms with E-state index in [4.69, 9.17) is 4.84 Å². The molecule has 1 fully saturated rings. The van der Waals surface area contributed by atoms with Crippen molar-refractivity contribution in [1.29, 1.82) is 0 Å². The molecule has 78 valence electrons. The number of hydroxylamine groups is 2. The van der Waals surface area contributed by atoms with Gasteiger partial charge in [-0.3, -0.25) is 4.79 Å². The van der Waals surface area contributed by atoms with E-state index in [9.17, 15) is 9.59 Å². The molecular formula is C11H11NO3. The number of carbonyl (C=O) groups is 2. The second-order valence-corrected chi connectivity index (χ2v) is 3.67. The zero-order valence-corrected chi connectivity index (χ0v) is 8.56. The number of hydrogen-bond donors (Lipinski definition) is 0. The first-order valence-corrected chi connectivity index (χ1v) is 4.63. The second kappa shape index (κ2) is 3.08. The molecule has 0 aliphatic carbocycles. The van der Waals surface area contributed by atoms with E-state index in [0.717, 1.165) is 5.06 Å². The van der Waals surface area contributed by atoms with Gasteiger partial charge in [-0.2, -0.15) is 5.06 Å². The van der Waals surface area contributed by atoms with E-state index in [1.807, 2.05) is 6.07 Å². The van der Waals surface area contributed by atoms with Crippen molar-refractivity contribution >= 4 is 11.9 Å². The van der Waals surface area contributed by atoms with Gasteiger partial charge in [0.1, 0.15) is 0 Å². The number of rotatable bonds is 1. The highest BCUT2D eigenvalue weighted by Crippen LogP contribution is 2.32. The lowest BCUT2D eigenvalue weighted by molar-refractivity contribution is -0.172. The molecule has 0 radical (unpaired) electrons. The number of nitrogens with zero attached hydrogens (tertiary/aromatic N) is 1. The van der Waals surface area contributed by atoms with Crippen molar-refractivity contribution in [2.24, 2.45) is 0 Å². The van der Waals surface area contributed by atoms with Crippen molar-refractivity contribution < 1.29 is 14.4 Å². The molecule has 1 unspecified atom stereocenters. The average molecular weight is 205 g/mol. The van der Waals surface area contributed by atoms with Crippen LogP contribution in [0.2, 0.25) is 0 Å². The van der Waals surface area contributed by atoms with Crippen molar-refractivity contribution in [2.45, 2.75) is 12.3 Å². The molecule has 15 heavy (non-hydrogen) atoms. The molecule has 1 aliphatic rings. The number of amides is 1. The van der Waals surface area contributed by atoms with E-state index in [0.29, 0.717) is 5.56 Å². The van der Waals surface area contributed by atoms with Crippen LogP contribution in [-0.2, 0) is 19.8 Å². The Balaban J connectivity index is 2.51. The molecule has 0 saturated carbocycles. The Kier molecular flexibility index (Phi) is 2.00. The molecule has 1 aromatic rings. The van der Waals surface area contributed by atoms with Crippen molar-refractivity contribution in [1.82, 2.24) is 5.06 Å². The maximum atomic E-state index is 11.8. The molecule has 1 aromatic carbocycles. The van der Waals surface area contributed by atoms with Crippen LogP contribution in [0, 0.1) is 0 Å². The molecule has 4 heteroatoms. The van der Waals surface area contributed by atoms with Crippen LogP contribution in [0.4, 0.5) is 0 Å². The van der Waals surface area contributed by atoms with E-state index in [-0.39, 0.29) is 5.91 Å². The van der Waals surface area contributed by atoms with Crippen molar-refractivity contribution in [3.63, 3.8) is 0 Å². The van der Waals surface area contributed by atoms with Gasteiger partial charge < -0.3 is 4.84 Å². The summed E-state index contributed by atoms with van der Waals surface area (Å²) in [7, 11) is 1.44. The summed E-state index contributed by atoms with van der Waals surface area (Å²) < 4.78 is 0. The first-order valence-electron chi connectivity index (χ1n) is 4.63. The van der Waals surface area contributed by atoms with E-state index >= 15 is 0 Å². The Morgan fingerprint density at radius 3 is 2.27 bits per heavy atom. The quantitative estimate of drug-likeness (QED) is 0.639. The highest BCUT2D eigenvalue weighted by molar-refractivity contribution is 6.11. The third kappa shape index (κ3) is 1.21. The lowest BCUT2D eigenvalue weighted by Gasteiger charge is -2.16. The van der Waals surface area contributed by atoms with Gasteiger partial charge in [-0.15, -0.1) is 0 Å². The average Bonchev–Trinajstić information content (AvgIpc) is 2.45. The minimum absolute atomic E-state index is 0.335. The SMILES string of the molecule is CN1OC(=O)C(C)(c2ccccc2)C1=O. The highest BCUT2D eigenvalue weighted by Gasteiger charge is 2.53. The molecule has 0 N–H and O–H groups in total. The van der Waals surface area contributed by atoms with E-state index in [1.165, 1.54) is 7.05 Å². The summed E-state index contributed by atoms with van der Waals surface area (Å²) >= 11 is 0. The Hall–Kier alpha value is -1.84. The fraction of sp³-hybridized carbons (Fsp3) is 0.273. The largest absolute Gasteiger partial charge is 0.352 e. The maximum Gasteiger partial charge on any atom is 0.352 e. The maximum absolute atomic E-state index is 11.8. The van der Waals surface area contributed by atoms with E-state index in [2.05, 4.69) is 0 Å². The van der Waals surface area contributed by atoms with Crippen LogP contribution in [0.25, 0.3) is 0 Å². The van der Waals surface area contributed by atoms with Gasteiger partial charge in [-0.1, -0.05) is 30.3 Å². The third-order valence-electron chi connectivity index (χ3n) is 2.69. The Morgan fingerprint density at radius 2 is 1.80 bits per heavy atom. The van der Waals surface area contributed by atoms with Crippen LogP contribution in [0.3, 0.4) is 0 Å². The third-order valence-corrected chi connectivity index (χ3v) is 2.69. The lowest BCUT2D eigenvalue weighted by Crippen LogP contribution is -2.37. The fourth-order valence-electron chi connectivity index (χ4n) is 1.67. The first kappa shape index (κ1) is 9.71. The van der Waals surface area contributed by atoms with Crippen molar-refractivity contribution in [3.05, 3.63) is 35.9 Å². The molecule has 0 spiro atoms. The summed E-state index contributed by atoms with van der Waals surface area (Å²) in [6, 6.07) is 8.91. The summed E-state index contributed by atoms with van der Waals surface area (Å²) in [6.07, 6.45) is 0. The minimum Gasteiger partial charge on any atom is -0.337 e. The van der Waals surface area contributed by atoms with Gasteiger partial charge in [-0.25, -0.2) is 4.79 Å². The van der Waals surface area contributed by atoms with E-state index < -0.39 is 11.4 Å². The predicted molar refractivity (Wildman–Crippen MR) is 52.7 cm³/mol. The van der Waals surface area contributed by atoms with Gasteiger partial charge in [0.05, 0.1) is 0 Å². The molecule has 2 rings (SSSR count). The summed E-state index contributed by atoms with van der Waals surface area (Å²) in [4.78, 5) is 28.2. The standard InChI is InChI=1S/C11H11NO3/c1-11(8-6-4-3-5-7-8)9(13)12(2)15-10(11)14/h3-7H,1-2H3. The molecule has 4 nitrogen and oxygen atoms in total. The molecule has 1 atom stereocenters. The Morgan fingerprint density at radius 1 is 1.20 bits per heavy atom. The molecule has 0 aromatic heterocycles. The van der Waals surface area contributed by atoms with Gasteiger partial charge in [-0.05, 0) is 12.5 Å². The molecule has 1 aliphatic heterocycles. The monoisotopic (exact) mass is 205 g/mol. The number of likely N-dealkylation sites (N-methyl/N-ethyl adjacent to an activating group) is 1. The molecular weight excluding hydrogens is 194 g/mol. The highest BCUT2D eigenvalue weighted by atomic mass is 16.7. The van der Waals surface area contributed by atoms with Crippen molar-refractivity contribution in [3.8, 4) is 0 Å². The summed E-state index contributed by atoms with van der Waals surface area (Å²) in [6.45, 7) is 1.58. The zero-order valence-electron chi connectivity index (χ0n) is 8.56. The van der Waals surface area contributed by atoms with Crippen molar-refractivity contribution in [2.75, 3.05) is 7.05 Å². The topological polar surface area (TPSA) is 46.6 Å². The number of benzene rings is 1. The zero-order chi connectivity index (χ0) is 11.1. The van der Waals surface area contributed by atoms with Crippen LogP contribution >= 0.6 is 0 Å². The van der Waals surface area contributed by atoms with Gasteiger partial charge in [0, 0.05) is 7.05 Å². The summed E-state index contributed by atoms with van der Waals surface area (Å²) in [5.41, 5.74) is -0.542. The van der Waals surface area contributed by atoms with E-state index in [1.54, 1.807) is 31.2 Å². The predicted octanol–water partition coefficient (Wildman–Crippen LogP) is 0.874. The van der Waals surface area contributed by atoms with Crippen LogP contribution in [0.5, 0.6) is 0 Å². The van der Waals surface area contributed by atoms with Crippen LogP contribution in [0.15, 0.2) is 30.3 Å². The summed E-state index contributed by atoms with van der Waals surface area (Å²) in [5.74, 6) is -0.861. The van der Waals surface area contributed by atoms with Gasteiger partial charge in [0.15, 0.2) is 5.41 Å². The smallest absolute Gasteiger partial charge is 0.337 e. The van der Waals surface area contributed by atoms with Gasteiger partial charge >= 0.3 is 5.97 Å². The summed E-state index contributed by atoms with van der Waals surface area (Å²) in [5, 5.41) is 0.981. The molecule has 1 saturated heterocycles. The van der Waals surface area contributed by atoms with Gasteiger partial charge in [0.25, 0.3) is 5.91 Å². The lowest BCUT2D eigenvalue weighted by atomic mass is 9.82. The number of hydrogen-bond acceptors (Lipinski definition) is 3. The minimum atomic E-state index is -1.20. The van der Waals surface area contributed by atoms with Gasteiger partial charge in [0.2, 0.25) is 0 Å². The fourth-order valence-corrected chi connectivity index (χ4v) is 1.67. The molecule has 0 bridgehead atoms. The number of carbonyl (C=O) groups excluding carboxylic acids is 2. The van der Waals surface area contributed by atoms with Crippen LogP contribution < -0.4 is 0 Å².